The molecule has 2 aromatic heterocycles. The quantitative estimate of drug-likeness (QED) is 0.666. The number of aryl methyl sites for hydroxylation is 1. The van der Waals surface area contributed by atoms with E-state index in [4.69, 9.17) is 9.15 Å². The first-order valence-corrected chi connectivity index (χ1v) is 9.57. The van der Waals surface area contributed by atoms with Crippen molar-refractivity contribution in [3.63, 3.8) is 0 Å². The molecule has 0 saturated carbocycles. The third-order valence-corrected chi connectivity index (χ3v) is 4.71. The van der Waals surface area contributed by atoms with E-state index >= 15 is 0 Å². The average molecular weight is 414 g/mol. The maximum absolute atomic E-state index is 13.8. The lowest BCUT2D eigenvalue weighted by Crippen LogP contribution is -2.36. The lowest BCUT2D eigenvalue weighted by atomic mass is 10.2. The molecule has 0 unspecified atom stereocenters. The van der Waals surface area contributed by atoms with Gasteiger partial charge in [-0.25, -0.2) is 18.7 Å². The minimum atomic E-state index is -0.734. The number of nitrogens with one attached hydrogen (secondary N) is 1. The summed E-state index contributed by atoms with van der Waals surface area (Å²) < 4.78 is 37.7. The molecule has 1 fully saturated rings. The van der Waals surface area contributed by atoms with Gasteiger partial charge in [-0.1, -0.05) is 0 Å². The molecule has 1 aromatic carbocycles. The van der Waals surface area contributed by atoms with Gasteiger partial charge in [0, 0.05) is 32.0 Å². The Morgan fingerprint density at radius 2 is 1.93 bits per heavy atom. The van der Waals surface area contributed by atoms with Gasteiger partial charge in [0.25, 0.3) is 0 Å². The standard InChI is InChI=1S/C21H20F2N4O3/c22-14-1-3-16(17(23)11-14)18-13-25-21(30-18)6-5-20(28)26-19-4-2-15(12-24-19)27-7-9-29-10-8-27/h1-4,11-13H,5-10H2,(H,24,26,28). The van der Waals surface area contributed by atoms with E-state index in [9.17, 15) is 13.6 Å². The normalized spacial score (nSPS) is 14.0. The van der Waals surface area contributed by atoms with E-state index in [1.807, 2.05) is 6.07 Å². The number of oxazole rings is 1. The van der Waals surface area contributed by atoms with Crippen molar-refractivity contribution >= 4 is 17.4 Å². The summed E-state index contributed by atoms with van der Waals surface area (Å²) in [6.45, 7) is 3.00. The molecule has 0 spiro atoms. The summed E-state index contributed by atoms with van der Waals surface area (Å²) in [5.74, 6) is -0.711. The van der Waals surface area contributed by atoms with E-state index in [0.29, 0.717) is 24.9 Å². The molecule has 0 bridgehead atoms. The number of carbonyl (C=O) groups is 1. The van der Waals surface area contributed by atoms with Crippen molar-refractivity contribution in [3.05, 3.63) is 60.3 Å². The minimum Gasteiger partial charge on any atom is -0.441 e. The highest BCUT2D eigenvalue weighted by Crippen LogP contribution is 2.24. The lowest BCUT2D eigenvalue weighted by molar-refractivity contribution is -0.116. The van der Waals surface area contributed by atoms with Gasteiger partial charge in [0.1, 0.15) is 17.5 Å². The predicted molar refractivity (Wildman–Crippen MR) is 106 cm³/mol. The van der Waals surface area contributed by atoms with Gasteiger partial charge in [0.05, 0.1) is 36.9 Å². The molecule has 0 radical (unpaired) electrons. The number of benzene rings is 1. The molecule has 0 aliphatic carbocycles. The number of halogens is 2. The number of ether oxygens (including phenoxy) is 1. The van der Waals surface area contributed by atoms with Crippen LogP contribution in [0.1, 0.15) is 12.3 Å². The predicted octanol–water partition coefficient (Wildman–Crippen LogP) is 3.42. The molecule has 9 heteroatoms. The van der Waals surface area contributed by atoms with Gasteiger partial charge in [-0.3, -0.25) is 4.79 Å². The van der Waals surface area contributed by atoms with Gasteiger partial charge in [-0.15, -0.1) is 0 Å². The highest BCUT2D eigenvalue weighted by Gasteiger charge is 2.14. The maximum Gasteiger partial charge on any atom is 0.226 e. The number of hydrogen-bond acceptors (Lipinski definition) is 6. The zero-order valence-corrected chi connectivity index (χ0v) is 16.1. The van der Waals surface area contributed by atoms with Crippen LogP contribution in [0.2, 0.25) is 0 Å². The van der Waals surface area contributed by atoms with E-state index in [2.05, 4.69) is 20.2 Å². The van der Waals surface area contributed by atoms with Crippen molar-refractivity contribution < 1.29 is 22.7 Å². The minimum absolute atomic E-state index is 0.115. The molecular formula is C21H20F2N4O3. The van der Waals surface area contributed by atoms with Gasteiger partial charge >= 0.3 is 0 Å². The topological polar surface area (TPSA) is 80.5 Å². The second-order valence-corrected chi connectivity index (χ2v) is 6.79. The Labute approximate surface area is 171 Å². The monoisotopic (exact) mass is 414 g/mol. The Bertz CT molecular complexity index is 1020. The van der Waals surface area contributed by atoms with Crippen LogP contribution in [0.4, 0.5) is 20.3 Å². The first-order chi connectivity index (χ1) is 14.6. The lowest BCUT2D eigenvalue weighted by Gasteiger charge is -2.28. The van der Waals surface area contributed by atoms with Crippen LogP contribution in [0.25, 0.3) is 11.3 Å². The van der Waals surface area contributed by atoms with Crippen LogP contribution in [-0.4, -0.2) is 42.2 Å². The Hall–Kier alpha value is -3.33. The molecule has 4 rings (SSSR count). The third-order valence-electron chi connectivity index (χ3n) is 4.71. The molecule has 1 aliphatic rings. The molecule has 3 aromatic rings. The Balaban J connectivity index is 1.30. The van der Waals surface area contributed by atoms with Crippen LogP contribution in [0.5, 0.6) is 0 Å². The van der Waals surface area contributed by atoms with E-state index in [1.54, 1.807) is 12.3 Å². The highest BCUT2D eigenvalue weighted by molar-refractivity contribution is 5.89. The van der Waals surface area contributed by atoms with Crippen LogP contribution in [-0.2, 0) is 16.0 Å². The van der Waals surface area contributed by atoms with Gasteiger partial charge in [-0.05, 0) is 24.3 Å². The molecule has 1 saturated heterocycles. The van der Waals surface area contributed by atoms with Crippen molar-refractivity contribution in [2.45, 2.75) is 12.8 Å². The summed E-state index contributed by atoms with van der Waals surface area (Å²) in [5.41, 5.74) is 1.10. The molecule has 1 aliphatic heterocycles. The number of hydrogen-bond donors (Lipinski definition) is 1. The summed E-state index contributed by atoms with van der Waals surface area (Å²) in [6.07, 6.45) is 3.44. The van der Waals surface area contributed by atoms with Crippen molar-refractivity contribution in [1.29, 1.82) is 0 Å². The largest absolute Gasteiger partial charge is 0.441 e. The van der Waals surface area contributed by atoms with Crippen molar-refractivity contribution in [2.24, 2.45) is 0 Å². The average Bonchev–Trinajstić information content (AvgIpc) is 3.22. The van der Waals surface area contributed by atoms with Crippen LogP contribution in [0.3, 0.4) is 0 Å². The molecule has 3 heterocycles. The highest BCUT2D eigenvalue weighted by atomic mass is 19.1. The number of rotatable bonds is 6. The third kappa shape index (κ3) is 4.80. The summed E-state index contributed by atoms with van der Waals surface area (Å²) in [4.78, 5) is 22.7. The van der Waals surface area contributed by atoms with Crippen LogP contribution >= 0.6 is 0 Å². The smallest absolute Gasteiger partial charge is 0.226 e. The first kappa shape index (κ1) is 20.0. The SMILES string of the molecule is O=C(CCc1ncc(-c2ccc(F)cc2F)o1)Nc1ccc(N2CCOCC2)cn1. The van der Waals surface area contributed by atoms with Crippen molar-refractivity contribution in [1.82, 2.24) is 9.97 Å². The van der Waals surface area contributed by atoms with E-state index in [-0.39, 0.29) is 30.1 Å². The Morgan fingerprint density at radius 1 is 1.10 bits per heavy atom. The summed E-state index contributed by atoms with van der Waals surface area (Å²) >= 11 is 0. The number of aromatic nitrogens is 2. The number of nitrogens with zero attached hydrogens (tertiary/aromatic N) is 3. The van der Waals surface area contributed by atoms with Gasteiger partial charge in [0.15, 0.2) is 11.7 Å². The number of carbonyl (C=O) groups excluding carboxylic acids is 1. The second kappa shape index (κ2) is 9.00. The molecule has 0 atom stereocenters. The molecule has 30 heavy (non-hydrogen) atoms. The molecule has 7 nitrogen and oxygen atoms in total. The van der Waals surface area contributed by atoms with E-state index < -0.39 is 11.6 Å². The molecule has 156 valence electrons. The summed E-state index contributed by atoms with van der Waals surface area (Å²) in [7, 11) is 0. The number of anilines is 2. The van der Waals surface area contributed by atoms with Gasteiger partial charge in [0.2, 0.25) is 5.91 Å². The van der Waals surface area contributed by atoms with E-state index in [1.165, 1.54) is 12.3 Å². The fourth-order valence-electron chi connectivity index (χ4n) is 3.13. The Kier molecular flexibility index (Phi) is 5.99. The maximum atomic E-state index is 13.8. The van der Waals surface area contributed by atoms with Crippen molar-refractivity contribution in [3.8, 4) is 11.3 Å². The summed E-state index contributed by atoms with van der Waals surface area (Å²) in [5, 5.41) is 2.73. The zero-order valence-electron chi connectivity index (χ0n) is 16.1. The van der Waals surface area contributed by atoms with Crippen LogP contribution < -0.4 is 10.2 Å². The van der Waals surface area contributed by atoms with E-state index in [0.717, 1.165) is 30.9 Å². The fourth-order valence-corrected chi connectivity index (χ4v) is 3.13. The van der Waals surface area contributed by atoms with Gasteiger partial charge < -0.3 is 19.4 Å². The number of pyridine rings is 1. The number of amides is 1. The molecule has 1 N–H and O–H groups in total. The summed E-state index contributed by atoms with van der Waals surface area (Å²) in [6, 6.07) is 6.87. The van der Waals surface area contributed by atoms with Gasteiger partial charge in [-0.2, -0.15) is 0 Å². The van der Waals surface area contributed by atoms with Crippen LogP contribution in [0, 0.1) is 11.6 Å². The second-order valence-electron chi connectivity index (χ2n) is 6.79. The van der Waals surface area contributed by atoms with Crippen LogP contribution in [0.15, 0.2) is 47.1 Å². The first-order valence-electron chi connectivity index (χ1n) is 9.57. The van der Waals surface area contributed by atoms with Crippen molar-refractivity contribution in [2.75, 3.05) is 36.5 Å². The Morgan fingerprint density at radius 3 is 2.67 bits per heavy atom. The fraction of sp³-hybridized carbons (Fsp3) is 0.286. The number of morpholine rings is 1. The molecular weight excluding hydrogens is 394 g/mol. The zero-order chi connectivity index (χ0) is 20.9. The molecule has 1 amide bonds.